The minimum atomic E-state index is 0.885. The summed E-state index contributed by atoms with van der Waals surface area (Å²) in [5.74, 6) is 1.78. The van der Waals surface area contributed by atoms with E-state index >= 15 is 0 Å². The zero-order chi connectivity index (χ0) is 16.8. The molecule has 4 nitrogen and oxygen atoms in total. The monoisotopic (exact) mass is 338 g/mol. The van der Waals surface area contributed by atoms with Gasteiger partial charge >= 0.3 is 0 Å². The van der Waals surface area contributed by atoms with Crippen LogP contribution >= 0.6 is 11.8 Å². The second-order valence-corrected chi connectivity index (χ2v) is 6.30. The summed E-state index contributed by atoms with van der Waals surface area (Å²) in [5, 5.41) is 0.961. The van der Waals surface area contributed by atoms with Crippen LogP contribution in [0.15, 0.2) is 66.2 Å². The van der Waals surface area contributed by atoms with Gasteiger partial charge in [0.1, 0.15) is 5.82 Å². The molecular formula is C19H22N4S. The van der Waals surface area contributed by atoms with Crippen LogP contribution in [0.4, 0.5) is 5.69 Å². The molecule has 0 aliphatic rings. The summed E-state index contributed by atoms with van der Waals surface area (Å²) in [6, 6.07) is 14.5. The fraction of sp³-hybridized carbons (Fsp3) is 0.263. The van der Waals surface area contributed by atoms with E-state index in [9.17, 15) is 0 Å². The Bertz CT molecular complexity index is 766. The second kappa shape index (κ2) is 8.02. The first kappa shape index (κ1) is 16.6. The molecule has 0 saturated heterocycles. The fourth-order valence-corrected chi connectivity index (χ4v) is 3.67. The number of thioether (sulfide) groups is 1. The molecular weight excluding hydrogens is 316 g/mol. The van der Waals surface area contributed by atoms with Crippen LogP contribution in [-0.4, -0.2) is 27.6 Å². The quantitative estimate of drug-likeness (QED) is 0.598. The van der Waals surface area contributed by atoms with Crippen molar-refractivity contribution in [1.82, 2.24) is 14.5 Å². The summed E-state index contributed by atoms with van der Waals surface area (Å²) in [6.07, 6.45) is 5.59. The molecule has 24 heavy (non-hydrogen) atoms. The van der Waals surface area contributed by atoms with Crippen LogP contribution in [0.1, 0.15) is 19.4 Å². The molecule has 2 aromatic heterocycles. The van der Waals surface area contributed by atoms with Crippen LogP contribution in [0.2, 0.25) is 0 Å². The largest absolute Gasteiger partial charge is 0.372 e. The Kier molecular flexibility index (Phi) is 5.54. The number of aromatic nitrogens is 3. The zero-order valence-electron chi connectivity index (χ0n) is 14.1. The molecule has 0 fully saturated rings. The minimum Gasteiger partial charge on any atom is -0.372 e. The molecule has 3 rings (SSSR count). The van der Waals surface area contributed by atoms with E-state index < -0.39 is 0 Å². The topological polar surface area (TPSA) is 34.0 Å². The molecule has 0 radical (unpaired) electrons. The molecule has 124 valence electrons. The molecule has 5 heteroatoms. The highest BCUT2D eigenvalue weighted by Crippen LogP contribution is 2.28. The van der Waals surface area contributed by atoms with Gasteiger partial charge in [-0.25, -0.2) is 9.97 Å². The summed E-state index contributed by atoms with van der Waals surface area (Å²) >= 11 is 1.74. The average molecular weight is 338 g/mol. The van der Waals surface area contributed by atoms with E-state index in [1.54, 1.807) is 18.0 Å². The number of pyridine rings is 1. The van der Waals surface area contributed by atoms with Gasteiger partial charge in [0.2, 0.25) is 0 Å². The van der Waals surface area contributed by atoms with Gasteiger partial charge in [0.25, 0.3) is 0 Å². The predicted octanol–water partition coefficient (Wildman–Crippen LogP) is 4.41. The number of imidazole rings is 1. The standard InChI is InChI=1S/C19H22N4S/c1-3-22(4-2)17-10-6-5-9-16(17)15-24-19-21-13-14-23(19)18-11-7-8-12-20-18/h5-14H,3-4,15H2,1-2H3. The van der Waals surface area contributed by atoms with Crippen molar-refractivity contribution in [3.05, 3.63) is 66.6 Å². The van der Waals surface area contributed by atoms with Gasteiger partial charge < -0.3 is 4.90 Å². The number of anilines is 1. The van der Waals surface area contributed by atoms with Gasteiger partial charge in [0, 0.05) is 43.1 Å². The molecule has 0 aliphatic heterocycles. The van der Waals surface area contributed by atoms with Crippen LogP contribution in [0, 0.1) is 0 Å². The van der Waals surface area contributed by atoms with Gasteiger partial charge in [-0.1, -0.05) is 36.0 Å². The van der Waals surface area contributed by atoms with Gasteiger partial charge in [-0.05, 0) is 37.6 Å². The third kappa shape index (κ3) is 3.62. The van der Waals surface area contributed by atoms with E-state index in [1.165, 1.54) is 11.3 Å². The number of benzene rings is 1. The van der Waals surface area contributed by atoms with E-state index in [0.29, 0.717) is 0 Å². The van der Waals surface area contributed by atoms with E-state index in [2.05, 4.69) is 53.0 Å². The lowest BCUT2D eigenvalue weighted by Crippen LogP contribution is -2.22. The van der Waals surface area contributed by atoms with E-state index in [-0.39, 0.29) is 0 Å². The normalized spacial score (nSPS) is 10.8. The Morgan fingerprint density at radius 1 is 0.958 bits per heavy atom. The van der Waals surface area contributed by atoms with Gasteiger partial charge in [0.15, 0.2) is 5.16 Å². The lowest BCUT2D eigenvalue weighted by Gasteiger charge is -2.24. The molecule has 3 aromatic rings. The lowest BCUT2D eigenvalue weighted by atomic mass is 10.2. The van der Waals surface area contributed by atoms with E-state index in [1.807, 2.05) is 35.2 Å². The maximum Gasteiger partial charge on any atom is 0.174 e. The first-order valence-corrected chi connectivity index (χ1v) is 9.22. The average Bonchev–Trinajstić information content (AvgIpc) is 3.11. The van der Waals surface area contributed by atoms with Gasteiger partial charge in [-0.15, -0.1) is 0 Å². The molecule has 0 saturated carbocycles. The molecule has 0 spiro atoms. The number of nitrogens with zero attached hydrogens (tertiary/aromatic N) is 4. The molecule has 1 aromatic carbocycles. The van der Waals surface area contributed by atoms with Crippen molar-refractivity contribution in [3.63, 3.8) is 0 Å². The summed E-state index contributed by atoms with van der Waals surface area (Å²) in [5.41, 5.74) is 2.65. The number of hydrogen-bond acceptors (Lipinski definition) is 4. The van der Waals surface area contributed by atoms with Crippen molar-refractivity contribution in [2.75, 3.05) is 18.0 Å². The van der Waals surface area contributed by atoms with Crippen molar-refractivity contribution in [1.29, 1.82) is 0 Å². The minimum absolute atomic E-state index is 0.885. The highest BCUT2D eigenvalue weighted by molar-refractivity contribution is 7.98. The fourth-order valence-electron chi connectivity index (χ4n) is 2.72. The van der Waals surface area contributed by atoms with Crippen molar-refractivity contribution >= 4 is 17.4 Å². The van der Waals surface area contributed by atoms with Crippen LogP contribution in [-0.2, 0) is 5.75 Å². The van der Waals surface area contributed by atoms with Gasteiger partial charge in [-0.2, -0.15) is 0 Å². The van der Waals surface area contributed by atoms with Crippen LogP contribution in [0.25, 0.3) is 5.82 Å². The SMILES string of the molecule is CCN(CC)c1ccccc1CSc1nccn1-c1ccccn1. The van der Waals surface area contributed by atoms with Crippen molar-refractivity contribution in [2.24, 2.45) is 0 Å². The predicted molar refractivity (Wildman–Crippen MR) is 101 cm³/mol. The molecule has 0 amide bonds. The molecule has 2 heterocycles. The summed E-state index contributed by atoms with van der Waals surface area (Å²) in [7, 11) is 0. The van der Waals surface area contributed by atoms with Crippen molar-refractivity contribution in [2.45, 2.75) is 24.8 Å². The number of hydrogen-bond donors (Lipinski definition) is 0. The Labute approximate surface area is 147 Å². The smallest absolute Gasteiger partial charge is 0.174 e. The van der Waals surface area contributed by atoms with E-state index in [4.69, 9.17) is 0 Å². The summed E-state index contributed by atoms with van der Waals surface area (Å²) < 4.78 is 2.03. The Morgan fingerprint density at radius 2 is 1.75 bits per heavy atom. The zero-order valence-corrected chi connectivity index (χ0v) is 14.9. The molecule has 0 bridgehead atoms. The van der Waals surface area contributed by atoms with E-state index in [0.717, 1.165) is 29.8 Å². The van der Waals surface area contributed by atoms with Crippen LogP contribution < -0.4 is 4.90 Å². The third-order valence-electron chi connectivity index (χ3n) is 3.96. The molecule has 0 N–H and O–H groups in total. The van der Waals surface area contributed by atoms with Crippen molar-refractivity contribution < 1.29 is 0 Å². The van der Waals surface area contributed by atoms with Crippen LogP contribution in [0.5, 0.6) is 0 Å². The lowest BCUT2D eigenvalue weighted by molar-refractivity contribution is 0.856. The Morgan fingerprint density at radius 3 is 2.50 bits per heavy atom. The van der Waals surface area contributed by atoms with Crippen molar-refractivity contribution in [3.8, 4) is 5.82 Å². The number of para-hydroxylation sites is 1. The summed E-state index contributed by atoms with van der Waals surface area (Å²) in [6.45, 7) is 6.42. The first-order chi connectivity index (χ1) is 11.8. The Hall–Kier alpha value is -2.27. The number of rotatable bonds is 7. The highest BCUT2D eigenvalue weighted by atomic mass is 32.2. The molecule has 0 unspecified atom stereocenters. The first-order valence-electron chi connectivity index (χ1n) is 8.24. The maximum absolute atomic E-state index is 4.49. The van der Waals surface area contributed by atoms with Crippen LogP contribution in [0.3, 0.4) is 0 Å². The summed E-state index contributed by atoms with van der Waals surface area (Å²) in [4.78, 5) is 11.3. The van der Waals surface area contributed by atoms with Gasteiger partial charge in [0.05, 0.1) is 0 Å². The molecule has 0 aliphatic carbocycles. The maximum atomic E-state index is 4.49. The Balaban J connectivity index is 1.80. The van der Waals surface area contributed by atoms with Gasteiger partial charge in [-0.3, -0.25) is 4.57 Å². The third-order valence-corrected chi connectivity index (χ3v) is 4.97. The highest BCUT2D eigenvalue weighted by Gasteiger charge is 2.11. The second-order valence-electron chi connectivity index (χ2n) is 5.36. The molecule has 0 atom stereocenters.